The molecule has 3 N–H and O–H groups in total. The van der Waals surface area contributed by atoms with Gasteiger partial charge in [-0.3, -0.25) is 10.2 Å². The molecule has 11 heteroatoms. The van der Waals surface area contributed by atoms with Crippen molar-refractivity contribution in [3.05, 3.63) is 30.5 Å². The molecule has 1 fully saturated rings. The number of anilines is 1. The predicted octanol–water partition coefficient (Wildman–Crippen LogP) is 2.76. The van der Waals surface area contributed by atoms with Gasteiger partial charge in [0.25, 0.3) is 0 Å². The van der Waals surface area contributed by atoms with Gasteiger partial charge < -0.3 is 15.0 Å². The normalized spacial score (nSPS) is 17.8. The molecule has 8 nitrogen and oxygen atoms in total. The predicted molar refractivity (Wildman–Crippen MR) is 95.0 cm³/mol. The Bertz CT molecular complexity index is 908. The fraction of sp³-hybridized carbons (Fsp3) is 0.353. The number of aromatic amines is 1. The summed E-state index contributed by atoms with van der Waals surface area (Å²) in [6.07, 6.45) is 1.07. The third kappa shape index (κ3) is 4.53. The van der Waals surface area contributed by atoms with E-state index in [4.69, 9.17) is 5.41 Å². The molecule has 1 atom stereocenters. The highest BCUT2D eigenvalue weighted by atomic mass is 19.4. The number of piperidine rings is 1. The highest BCUT2D eigenvalue weighted by Crippen LogP contribution is 2.25. The van der Waals surface area contributed by atoms with Crippen molar-refractivity contribution < 1.29 is 23.1 Å². The van der Waals surface area contributed by atoms with Crippen LogP contribution >= 0.6 is 0 Å². The van der Waals surface area contributed by atoms with Crippen molar-refractivity contribution in [2.24, 2.45) is 5.92 Å². The average molecular weight is 394 g/mol. The molecular formula is C17H17F3N6O2. The van der Waals surface area contributed by atoms with Crippen molar-refractivity contribution >= 4 is 23.6 Å². The van der Waals surface area contributed by atoms with Crippen molar-refractivity contribution in [3.8, 4) is 11.4 Å². The lowest BCUT2D eigenvalue weighted by Crippen LogP contribution is -2.39. The van der Waals surface area contributed by atoms with Crippen LogP contribution in [0.3, 0.4) is 0 Å². The smallest absolute Gasteiger partial charge is 0.432 e. The number of allylic oxidation sites excluding steroid dienone is 1. The number of carboxylic acid groups (broad SMARTS) is 1. The van der Waals surface area contributed by atoms with E-state index >= 15 is 0 Å². The van der Waals surface area contributed by atoms with Gasteiger partial charge in [-0.1, -0.05) is 0 Å². The molecule has 3 heterocycles. The summed E-state index contributed by atoms with van der Waals surface area (Å²) in [6.45, 7) is 1.03. The van der Waals surface area contributed by atoms with Gasteiger partial charge in [0.15, 0.2) is 0 Å². The van der Waals surface area contributed by atoms with Gasteiger partial charge in [0, 0.05) is 19.2 Å². The number of hydrogen-bond donors (Lipinski definition) is 3. The van der Waals surface area contributed by atoms with E-state index in [0.717, 1.165) is 12.5 Å². The molecule has 0 radical (unpaired) electrons. The zero-order chi connectivity index (χ0) is 20.3. The third-order valence-corrected chi connectivity index (χ3v) is 4.33. The van der Waals surface area contributed by atoms with Crippen LogP contribution in [-0.2, 0) is 4.79 Å². The fourth-order valence-electron chi connectivity index (χ4n) is 2.86. The molecule has 0 aromatic carbocycles. The van der Waals surface area contributed by atoms with Gasteiger partial charge in [0.2, 0.25) is 0 Å². The number of rotatable bonds is 5. The molecule has 0 spiro atoms. The van der Waals surface area contributed by atoms with Crippen LogP contribution in [0.4, 0.5) is 19.0 Å². The molecule has 1 aliphatic rings. The van der Waals surface area contributed by atoms with Crippen molar-refractivity contribution in [2.75, 3.05) is 18.0 Å². The van der Waals surface area contributed by atoms with E-state index in [-0.39, 0.29) is 5.82 Å². The van der Waals surface area contributed by atoms with E-state index in [1.165, 1.54) is 12.5 Å². The second-order valence-electron chi connectivity index (χ2n) is 6.31. The molecule has 0 amide bonds. The molecule has 148 valence electrons. The Hall–Kier alpha value is -3.24. The zero-order valence-corrected chi connectivity index (χ0v) is 14.6. The van der Waals surface area contributed by atoms with Gasteiger partial charge in [0.1, 0.15) is 23.7 Å². The van der Waals surface area contributed by atoms with Crippen molar-refractivity contribution in [1.82, 2.24) is 19.9 Å². The van der Waals surface area contributed by atoms with Gasteiger partial charge in [-0.15, -0.1) is 0 Å². The summed E-state index contributed by atoms with van der Waals surface area (Å²) in [7, 11) is 0. The van der Waals surface area contributed by atoms with Crippen LogP contribution in [0.1, 0.15) is 18.7 Å². The monoisotopic (exact) mass is 394 g/mol. The number of nitrogens with zero attached hydrogens (tertiary/aromatic N) is 4. The Balaban J connectivity index is 1.76. The number of H-pyrrole nitrogens is 1. The quantitative estimate of drug-likeness (QED) is 0.671. The van der Waals surface area contributed by atoms with Crippen LogP contribution in [0.25, 0.3) is 17.5 Å². The summed E-state index contributed by atoms with van der Waals surface area (Å²) in [5, 5.41) is 16.1. The summed E-state index contributed by atoms with van der Waals surface area (Å²) in [4.78, 5) is 28.2. The molecule has 28 heavy (non-hydrogen) atoms. The van der Waals surface area contributed by atoms with E-state index in [9.17, 15) is 23.1 Å². The van der Waals surface area contributed by atoms with Gasteiger partial charge in [-0.2, -0.15) is 13.2 Å². The molecule has 2 aromatic rings. The SMILES string of the molecule is N=C(/C=C\c1ncc(-c2cc(N3CCCC(C(=O)O)C3)ncn2)[nH]1)C(F)(F)F. The Morgan fingerprint density at radius 2 is 2.14 bits per heavy atom. The second-order valence-corrected chi connectivity index (χ2v) is 6.31. The molecule has 1 saturated heterocycles. The second kappa shape index (κ2) is 7.79. The first-order chi connectivity index (χ1) is 13.2. The first-order valence-corrected chi connectivity index (χ1v) is 8.43. The molecule has 0 bridgehead atoms. The first kappa shape index (κ1) is 19.5. The maximum atomic E-state index is 12.4. The molecule has 0 saturated carbocycles. The average Bonchev–Trinajstić information content (AvgIpc) is 3.14. The molecule has 1 aliphatic heterocycles. The number of aromatic nitrogens is 4. The minimum atomic E-state index is -4.71. The number of aliphatic carboxylic acids is 1. The van der Waals surface area contributed by atoms with Gasteiger partial charge in [-0.25, -0.2) is 15.0 Å². The Labute approximate surface area is 157 Å². The summed E-state index contributed by atoms with van der Waals surface area (Å²) >= 11 is 0. The van der Waals surface area contributed by atoms with Crippen molar-refractivity contribution in [1.29, 1.82) is 5.41 Å². The third-order valence-electron chi connectivity index (χ3n) is 4.33. The van der Waals surface area contributed by atoms with E-state index in [1.54, 1.807) is 6.07 Å². The molecule has 1 unspecified atom stereocenters. The van der Waals surface area contributed by atoms with Crippen LogP contribution in [0.5, 0.6) is 0 Å². The summed E-state index contributed by atoms with van der Waals surface area (Å²) in [5.41, 5.74) is -0.540. The molecule has 2 aromatic heterocycles. The van der Waals surface area contributed by atoms with Crippen LogP contribution in [-0.4, -0.2) is 56.0 Å². The molecule has 0 aliphatic carbocycles. The topological polar surface area (TPSA) is 119 Å². The van der Waals surface area contributed by atoms with Crippen LogP contribution in [0.2, 0.25) is 0 Å². The van der Waals surface area contributed by atoms with Crippen LogP contribution < -0.4 is 4.90 Å². The number of carboxylic acids is 1. The summed E-state index contributed by atoms with van der Waals surface area (Å²) in [6, 6.07) is 1.67. The van der Waals surface area contributed by atoms with Crippen LogP contribution in [0.15, 0.2) is 24.7 Å². The Kier molecular flexibility index (Phi) is 5.43. The number of halogens is 3. The van der Waals surface area contributed by atoms with Gasteiger partial charge >= 0.3 is 12.1 Å². The maximum absolute atomic E-state index is 12.4. The fourth-order valence-corrected chi connectivity index (χ4v) is 2.86. The van der Waals surface area contributed by atoms with Crippen molar-refractivity contribution in [3.63, 3.8) is 0 Å². The largest absolute Gasteiger partial charge is 0.481 e. The zero-order valence-electron chi connectivity index (χ0n) is 14.6. The molecule has 3 rings (SSSR count). The molecular weight excluding hydrogens is 377 g/mol. The summed E-state index contributed by atoms with van der Waals surface area (Å²) < 4.78 is 37.1. The highest BCUT2D eigenvalue weighted by Gasteiger charge is 2.32. The lowest BCUT2D eigenvalue weighted by molar-refractivity contribution is -0.141. The lowest BCUT2D eigenvalue weighted by atomic mass is 9.98. The van der Waals surface area contributed by atoms with E-state index in [2.05, 4.69) is 19.9 Å². The highest BCUT2D eigenvalue weighted by molar-refractivity contribution is 5.99. The van der Waals surface area contributed by atoms with E-state index in [0.29, 0.717) is 42.8 Å². The summed E-state index contributed by atoms with van der Waals surface area (Å²) in [5.74, 6) is -0.581. The maximum Gasteiger partial charge on any atom is 0.432 e. The van der Waals surface area contributed by atoms with Crippen molar-refractivity contribution in [2.45, 2.75) is 19.0 Å². The van der Waals surface area contributed by atoms with E-state index < -0.39 is 23.8 Å². The first-order valence-electron chi connectivity index (χ1n) is 8.43. The Morgan fingerprint density at radius 1 is 1.36 bits per heavy atom. The number of hydrogen-bond acceptors (Lipinski definition) is 6. The number of alkyl halides is 3. The lowest BCUT2D eigenvalue weighted by Gasteiger charge is -2.31. The number of nitrogens with one attached hydrogen (secondary N) is 2. The Morgan fingerprint density at radius 3 is 2.86 bits per heavy atom. The number of carbonyl (C=O) groups is 1. The minimum Gasteiger partial charge on any atom is -0.481 e. The van der Waals surface area contributed by atoms with Crippen LogP contribution in [0, 0.1) is 11.3 Å². The number of imidazole rings is 1. The van der Waals surface area contributed by atoms with Gasteiger partial charge in [0.05, 0.1) is 23.5 Å². The van der Waals surface area contributed by atoms with Gasteiger partial charge in [-0.05, 0) is 25.0 Å². The standard InChI is InChI=1S/C17H17F3N6O2/c18-17(19,20)13(21)3-4-14-22-7-12(25-14)11-6-15(24-9-23-11)26-5-1-2-10(8-26)16(27)28/h3-4,6-7,9-10,21H,1-2,5,8H2,(H,22,25)(H,27,28)/b4-3-,21-13?. The van der Waals surface area contributed by atoms with E-state index in [1.807, 2.05) is 4.90 Å². The minimum absolute atomic E-state index is 0.146.